The molecule has 0 aromatic heterocycles. The third-order valence-electron chi connectivity index (χ3n) is 4.79. The van der Waals surface area contributed by atoms with Crippen LogP contribution in [-0.2, 0) is 0 Å². The van der Waals surface area contributed by atoms with Crippen LogP contribution >= 0.6 is 0 Å². The number of benzene rings is 1. The van der Waals surface area contributed by atoms with E-state index < -0.39 is 0 Å². The standard InChI is InChI=1S/C16H24N2O/c1-19-13-8-9-14(17)16(11-13)18-10-4-7-15(18)12-5-2-3-6-12/h8-9,11-12,15H,2-7,10,17H2,1H3. The van der Waals surface area contributed by atoms with Crippen LogP contribution in [0.1, 0.15) is 38.5 Å². The van der Waals surface area contributed by atoms with Crippen LogP contribution in [0, 0.1) is 5.92 Å². The number of ether oxygens (including phenoxy) is 1. The Kier molecular flexibility index (Phi) is 3.54. The summed E-state index contributed by atoms with van der Waals surface area (Å²) in [6, 6.07) is 6.71. The van der Waals surface area contributed by atoms with Crippen molar-refractivity contribution in [2.24, 2.45) is 5.92 Å². The molecule has 1 saturated heterocycles. The summed E-state index contributed by atoms with van der Waals surface area (Å²) in [6.07, 6.45) is 8.21. The Balaban J connectivity index is 1.87. The quantitative estimate of drug-likeness (QED) is 0.846. The van der Waals surface area contributed by atoms with Gasteiger partial charge < -0.3 is 15.4 Å². The van der Waals surface area contributed by atoms with Gasteiger partial charge in [-0.1, -0.05) is 12.8 Å². The normalized spacial score (nSPS) is 24.1. The van der Waals surface area contributed by atoms with Gasteiger partial charge in [0.25, 0.3) is 0 Å². The Morgan fingerprint density at radius 1 is 1.16 bits per heavy atom. The highest BCUT2D eigenvalue weighted by molar-refractivity contribution is 5.70. The van der Waals surface area contributed by atoms with Gasteiger partial charge in [0.05, 0.1) is 18.5 Å². The number of nitrogens with zero attached hydrogens (tertiary/aromatic N) is 1. The molecule has 3 nitrogen and oxygen atoms in total. The van der Waals surface area contributed by atoms with E-state index in [2.05, 4.69) is 11.0 Å². The fraction of sp³-hybridized carbons (Fsp3) is 0.625. The van der Waals surface area contributed by atoms with E-state index in [4.69, 9.17) is 10.5 Å². The fourth-order valence-electron chi connectivity index (χ4n) is 3.82. The van der Waals surface area contributed by atoms with Crippen LogP contribution in [0.3, 0.4) is 0 Å². The van der Waals surface area contributed by atoms with Gasteiger partial charge in [-0.25, -0.2) is 0 Å². The summed E-state index contributed by atoms with van der Waals surface area (Å²) in [4.78, 5) is 2.54. The summed E-state index contributed by atoms with van der Waals surface area (Å²) in [5.41, 5.74) is 8.24. The van der Waals surface area contributed by atoms with Crippen LogP contribution in [0.5, 0.6) is 5.75 Å². The summed E-state index contributed by atoms with van der Waals surface area (Å²) in [5, 5.41) is 0. The Morgan fingerprint density at radius 2 is 1.95 bits per heavy atom. The first kappa shape index (κ1) is 12.6. The second-order valence-corrected chi connectivity index (χ2v) is 5.87. The third kappa shape index (κ3) is 2.38. The van der Waals surface area contributed by atoms with Crippen molar-refractivity contribution in [3.05, 3.63) is 18.2 Å². The van der Waals surface area contributed by atoms with Crippen molar-refractivity contribution in [1.29, 1.82) is 0 Å². The summed E-state index contributed by atoms with van der Waals surface area (Å²) in [6.45, 7) is 1.14. The van der Waals surface area contributed by atoms with Gasteiger partial charge in [-0.15, -0.1) is 0 Å². The molecule has 1 atom stereocenters. The van der Waals surface area contributed by atoms with Crippen molar-refractivity contribution in [2.75, 3.05) is 24.3 Å². The number of rotatable bonds is 3. The molecule has 1 aliphatic carbocycles. The molecule has 2 fully saturated rings. The van der Waals surface area contributed by atoms with Crippen LogP contribution in [0.25, 0.3) is 0 Å². The molecular formula is C16H24N2O. The first-order valence-electron chi connectivity index (χ1n) is 7.50. The molecule has 1 aliphatic heterocycles. The van der Waals surface area contributed by atoms with Crippen molar-refractivity contribution >= 4 is 11.4 Å². The molecule has 104 valence electrons. The predicted octanol–water partition coefficient (Wildman–Crippen LogP) is 3.44. The molecule has 1 unspecified atom stereocenters. The van der Waals surface area contributed by atoms with Gasteiger partial charge in [0.2, 0.25) is 0 Å². The molecule has 0 bridgehead atoms. The molecule has 1 saturated carbocycles. The number of hydrogen-bond acceptors (Lipinski definition) is 3. The molecule has 19 heavy (non-hydrogen) atoms. The molecule has 3 heteroatoms. The average Bonchev–Trinajstić information content (AvgIpc) is 3.09. The molecule has 1 aromatic carbocycles. The highest BCUT2D eigenvalue weighted by atomic mass is 16.5. The van der Waals surface area contributed by atoms with Gasteiger partial charge in [0, 0.05) is 18.7 Å². The Morgan fingerprint density at radius 3 is 2.68 bits per heavy atom. The number of anilines is 2. The summed E-state index contributed by atoms with van der Waals surface area (Å²) in [7, 11) is 1.72. The molecule has 1 heterocycles. The zero-order valence-electron chi connectivity index (χ0n) is 11.8. The number of hydrogen-bond donors (Lipinski definition) is 1. The fourth-order valence-corrected chi connectivity index (χ4v) is 3.82. The smallest absolute Gasteiger partial charge is 0.121 e. The second kappa shape index (κ2) is 5.32. The third-order valence-corrected chi connectivity index (χ3v) is 4.79. The van der Waals surface area contributed by atoms with Gasteiger partial charge in [-0.05, 0) is 43.7 Å². The maximum Gasteiger partial charge on any atom is 0.121 e. The predicted molar refractivity (Wildman–Crippen MR) is 79.7 cm³/mol. The maximum absolute atomic E-state index is 6.19. The van der Waals surface area contributed by atoms with E-state index in [-0.39, 0.29) is 0 Å². The molecule has 2 N–H and O–H groups in total. The van der Waals surface area contributed by atoms with Gasteiger partial charge in [0.15, 0.2) is 0 Å². The van der Waals surface area contributed by atoms with Crippen molar-refractivity contribution in [3.8, 4) is 5.75 Å². The second-order valence-electron chi connectivity index (χ2n) is 5.87. The number of nitrogen functional groups attached to an aromatic ring is 1. The van der Waals surface area contributed by atoms with Crippen molar-refractivity contribution in [1.82, 2.24) is 0 Å². The van der Waals surface area contributed by atoms with E-state index >= 15 is 0 Å². The van der Waals surface area contributed by atoms with Gasteiger partial charge in [0.1, 0.15) is 5.75 Å². The zero-order chi connectivity index (χ0) is 13.2. The lowest BCUT2D eigenvalue weighted by Crippen LogP contribution is -2.35. The lowest BCUT2D eigenvalue weighted by atomic mass is 9.95. The maximum atomic E-state index is 6.19. The van der Waals surface area contributed by atoms with Crippen LogP contribution in [0.2, 0.25) is 0 Å². The molecular weight excluding hydrogens is 236 g/mol. The molecule has 0 radical (unpaired) electrons. The lowest BCUT2D eigenvalue weighted by Gasteiger charge is -2.32. The first-order chi connectivity index (χ1) is 9.29. The largest absolute Gasteiger partial charge is 0.497 e. The van der Waals surface area contributed by atoms with E-state index in [0.717, 1.165) is 23.9 Å². The van der Waals surface area contributed by atoms with Gasteiger partial charge >= 0.3 is 0 Å². The number of methoxy groups -OCH3 is 1. The highest BCUT2D eigenvalue weighted by Gasteiger charge is 2.34. The number of nitrogens with two attached hydrogens (primary N) is 1. The van der Waals surface area contributed by atoms with E-state index in [1.807, 2.05) is 12.1 Å². The van der Waals surface area contributed by atoms with Crippen molar-refractivity contribution < 1.29 is 4.74 Å². The van der Waals surface area contributed by atoms with E-state index in [1.54, 1.807) is 7.11 Å². The SMILES string of the molecule is COc1ccc(N)c(N2CCCC2C2CCCC2)c1. The minimum absolute atomic E-state index is 0.692. The van der Waals surface area contributed by atoms with Crippen LogP contribution < -0.4 is 15.4 Å². The summed E-state index contributed by atoms with van der Waals surface area (Å²) < 4.78 is 5.35. The van der Waals surface area contributed by atoms with Crippen LogP contribution in [0.15, 0.2) is 18.2 Å². The minimum Gasteiger partial charge on any atom is -0.497 e. The van der Waals surface area contributed by atoms with Gasteiger partial charge in [-0.3, -0.25) is 0 Å². The monoisotopic (exact) mass is 260 g/mol. The zero-order valence-corrected chi connectivity index (χ0v) is 11.8. The lowest BCUT2D eigenvalue weighted by molar-refractivity contribution is 0.413. The first-order valence-corrected chi connectivity index (χ1v) is 7.50. The summed E-state index contributed by atoms with van der Waals surface area (Å²) in [5.74, 6) is 1.77. The molecule has 0 spiro atoms. The highest BCUT2D eigenvalue weighted by Crippen LogP contribution is 2.40. The minimum atomic E-state index is 0.692. The van der Waals surface area contributed by atoms with E-state index in [0.29, 0.717) is 6.04 Å². The summed E-state index contributed by atoms with van der Waals surface area (Å²) >= 11 is 0. The molecule has 0 amide bonds. The van der Waals surface area contributed by atoms with E-state index in [1.165, 1.54) is 44.2 Å². The average molecular weight is 260 g/mol. The Hall–Kier alpha value is -1.38. The van der Waals surface area contributed by atoms with Gasteiger partial charge in [-0.2, -0.15) is 0 Å². The van der Waals surface area contributed by atoms with Crippen LogP contribution in [0.4, 0.5) is 11.4 Å². The molecule has 1 aromatic rings. The van der Waals surface area contributed by atoms with Crippen molar-refractivity contribution in [3.63, 3.8) is 0 Å². The van der Waals surface area contributed by atoms with E-state index in [9.17, 15) is 0 Å². The topological polar surface area (TPSA) is 38.5 Å². The van der Waals surface area contributed by atoms with Crippen molar-refractivity contribution in [2.45, 2.75) is 44.6 Å². The Bertz CT molecular complexity index is 440. The molecule has 3 rings (SSSR count). The Labute approximate surface area is 115 Å². The van der Waals surface area contributed by atoms with Crippen LogP contribution in [-0.4, -0.2) is 19.7 Å². The molecule has 2 aliphatic rings.